The third-order valence-electron chi connectivity index (χ3n) is 4.32. The van der Waals surface area contributed by atoms with Crippen LogP contribution in [0.15, 0.2) is 65.1 Å². The summed E-state index contributed by atoms with van der Waals surface area (Å²) in [6.45, 7) is 1.96. The van der Waals surface area contributed by atoms with E-state index in [-0.39, 0.29) is 11.9 Å². The van der Waals surface area contributed by atoms with E-state index in [9.17, 15) is 4.79 Å². The van der Waals surface area contributed by atoms with Crippen LogP contribution in [0.25, 0.3) is 17.0 Å². The SMILES string of the molecule is COc1ccc(C=CC(=O)N(C)C(C)c2cc3ccccc3o2)cc1. The summed E-state index contributed by atoms with van der Waals surface area (Å²) < 4.78 is 11.0. The topological polar surface area (TPSA) is 42.7 Å². The van der Waals surface area contributed by atoms with E-state index in [1.54, 1.807) is 31.2 Å². The largest absolute Gasteiger partial charge is 0.497 e. The summed E-state index contributed by atoms with van der Waals surface area (Å²) in [4.78, 5) is 14.1. The Morgan fingerprint density at radius 1 is 1.16 bits per heavy atom. The fraction of sp³-hybridized carbons (Fsp3) is 0.190. The van der Waals surface area contributed by atoms with Gasteiger partial charge in [0.05, 0.1) is 13.2 Å². The highest BCUT2D eigenvalue weighted by Gasteiger charge is 2.19. The van der Waals surface area contributed by atoms with Crippen molar-refractivity contribution in [2.24, 2.45) is 0 Å². The number of carbonyl (C=O) groups excluding carboxylic acids is 1. The Morgan fingerprint density at radius 2 is 1.88 bits per heavy atom. The van der Waals surface area contributed by atoms with E-state index in [4.69, 9.17) is 9.15 Å². The molecular formula is C21H21NO3. The molecule has 0 aliphatic carbocycles. The molecule has 1 atom stereocenters. The van der Waals surface area contributed by atoms with Crippen molar-refractivity contribution in [3.05, 3.63) is 72.0 Å². The Kier molecular flexibility index (Phi) is 4.89. The van der Waals surface area contributed by atoms with Crippen LogP contribution in [0.5, 0.6) is 5.75 Å². The number of carbonyl (C=O) groups is 1. The molecule has 0 N–H and O–H groups in total. The van der Waals surface area contributed by atoms with Gasteiger partial charge in [0.25, 0.3) is 0 Å². The fourth-order valence-corrected chi connectivity index (χ4v) is 2.59. The van der Waals surface area contributed by atoms with Gasteiger partial charge in [0.2, 0.25) is 5.91 Å². The molecule has 4 heteroatoms. The third-order valence-corrected chi connectivity index (χ3v) is 4.32. The van der Waals surface area contributed by atoms with Gasteiger partial charge in [-0.25, -0.2) is 0 Å². The number of methoxy groups -OCH3 is 1. The maximum absolute atomic E-state index is 12.4. The van der Waals surface area contributed by atoms with Gasteiger partial charge in [-0.15, -0.1) is 0 Å². The Labute approximate surface area is 147 Å². The van der Waals surface area contributed by atoms with Gasteiger partial charge in [-0.3, -0.25) is 4.79 Å². The van der Waals surface area contributed by atoms with Crippen molar-refractivity contribution in [1.29, 1.82) is 0 Å². The van der Waals surface area contributed by atoms with Crippen molar-refractivity contribution in [2.75, 3.05) is 14.2 Å². The summed E-state index contributed by atoms with van der Waals surface area (Å²) in [5, 5.41) is 1.04. The van der Waals surface area contributed by atoms with Crippen LogP contribution in [-0.2, 0) is 4.79 Å². The average Bonchev–Trinajstić information content (AvgIpc) is 3.09. The van der Waals surface area contributed by atoms with E-state index in [0.717, 1.165) is 28.0 Å². The normalized spacial score (nSPS) is 12.4. The predicted octanol–water partition coefficient (Wildman–Crippen LogP) is 4.67. The number of hydrogen-bond acceptors (Lipinski definition) is 3. The number of para-hydroxylation sites is 1. The smallest absolute Gasteiger partial charge is 0.246 e. The molecule has 4 nitrogen and oxygen atoms in total. The number of ether oxygens (including phenoxy) is 1. The second-order valence-corrected chi connectivity index (χ2v) is 5.92. The highest BCUT2D eigenvalue weighted by molar-refractivity contribution is 5.92. The fourth-order valence-electron chi connectivity index (χ4n) is 2.59. The van der Waals surface area contributed by atoms with E-state index >= 15 is 0 Å². The molecule has 0 fully saturated rings. The Morgan fingerprint density at radius 3 is 2.56 bits per heavy atom. The first kappa shape index (κ1) is 16.8. The van der Waals surface area contributed by atoms with Crippen LogP contribution in [0.4, 0.5) is 0 Å². The van der Waals surface area contributed by atoms with Crippen LogP contribution >= 0.6 is 0 Å². The second-order valence-electron chi connectivity index (χ2n) is 5.92. The number of fused-ring (bicyclic) bond motifs is 1. The first-order chi connectivity index (χ1) is 12.1. The molecule has 0 saturated carbocycles. The lowest BCUT2D eigenvalue weighted by atomic mass is 10.1. The minimum atomic E-state index is -0.152. The highest BCUT2D eigenvalue weighted by atomic mass is 16.5. The number of rotatable bonds is 5. The molecule has 3 aromatic rings. The molecule has 3 rings (SSSR count). The first-order valence-electron chi connectivity index (χ1n) is 8.16. The average molecular weight is 335 g/mol. The Bertz CT molecular complexity index is 860. The van der Waals surface area contributed by atoms with Crippen molar-refractivity contribution in [3.8, 4) is 5.75 Å². The standard InChI is InChI=1S/C21H21NO3/c1-15(20-14-17-6-4-5-7-19(17)25-20)22(2)21(23)13-10-16-8-11-18(24-3)12-9-16/h4-15H,1-3H3. The number of likely N-dealkylation sites (N-methyl/N-ethyl adjacent to an activating group) is 1. The van der Waals surface area contributed by atoms with Crippen LogP contribution in [0.2, 0.25) is 0 Å². The summed E-state index contributed by atoms with van der Waals surface area (Å²) >= 11 is 0. The zero-order chi connectivity index (χ0) is 17.8. The Balaban J connectivity index is 1.71. The molecule has 0 spiro atoms. The third kappa shape index (κ3) is 3.74. The molecule has 128 valence electrons. The molecule has 25 heavy (non-hydrogen) atoms. The Hall–Kier alpha value is -3.01. The molecule has 1 heterocycles. The zero-order valence-electron chi connectivity index (χ0n) is 14.6. The molecule has 2 aromatic carbocycles. The summed E-state index contributed by atoms with van der Waals surface area (Å²) in [6.07, 6.45) is 3.37. The molecule has 1 unspecified atom stereocenters. The van der Waals surface area contributed by atoms with Gasteiger partial charge in [-0.2, -0.15) is 0 Å². The molecule has 0 saturated heterocycles. The molecule has 0 aliphatic rings. The number of amides is 1. The minimum absolute atomic E-state index is 0.0798. The number of benzene rings is 2. The summed E-state index contributed by atoms with van der Waals surface area (Å²) in [5.74, 6) is 1.48. The second kappa shape index (κ2) is 7.26. The molecule has 0 radical (unpaired) electrons. The minimum Gasteiger partial charge on any atom is -0.497 e. The van der Waals surface area contributed by atoms with Gasteiger partial charge >= 0.3 is 0 Å². The van der Waals surface area contributed by atoms with Crippen molar-refractivity contribution in [2.45, 2.75) is 13.0 Å². The molecular weight excluding hydrogens is 314 g/mol. The molecule has 1 amide bonds. The van der Waals surface area contributed by atoms with Crippen LogP contribution in [0.1, 0.15) is 24.3 Å². The quantitative estimate of drug-likeness (QED) is 0.636. The molecule has 0 bridgehead atoms. The van der Waals surface area contributed by atoms with Crippen molar-refractivity contribution >= 4 is 23.0 Å². The lowest BCUT2D eigenvalue weighted by molar-refractivity contribution is -0.126. The first-order valence-corrected chi connectivity index (χ1v) is 8.16. The van der Waals surface area contributed by atoms with Crippen molar-refractivity contribution < 1.29 is 13.9 Å². The number of hydrogen-bond donors (Lipinski definition) is 0. The summed E-state index contributed by atoms with van der Waals surface area (Å²) in [5.41, 5.74) is 1.78. The van der Waals surface area contributed by atoms with Crippen molar-refractivity contribution in [1.82, 2.24) is 4.90 Å². The van der Waals surface area contributed by atoms with Gasteiger partial charge in [-0.1, -0.05) is 30.3 Å². The van der Waals surface area contributed by atoms with Crippen LogP contribution in [0.3, 0.4) is 0 Å². The van der Waals surface area contributed by atoms with Gasteiger partial charge in [-0.05, 0) is 42.8 Å². The summed E-state index contributed by atoms with van der Waals surface area (Å²) in [6, 6.07) is 17.2. The number of nitrogens with zero attached hydrogens (tertiary/aromatic N) is 1. The summed E-state index contributed by atoms with van der Waals surface area (Å²) in [7, 11) is 3.40. The highest BCUT2D eigenvalue weighted by Crippen LogP contribution is 2.26. The van der Waals surface area contributed by atoms with E-state index in [1.165, 1.54) is 0 Å². The van der Waals surface area contributed by atoms with Gasteiger partial charge in [0.1, 0.15) is 17.1 Å². The lowest BCUT2D eigenvalue weighted by Gasteiger charge is -2.21. The molecule has 0 aliphatic heterocycles. The van der Waals surface area contributed by atoms with Gasteiger partial charge in [0, 0.05) is 18.5 Å². The van der Waals surface area contributed by atoms with E-state index in [2.05, 4.69) is 0 Å². The van der Waals surface area contributed by atoms with Crippen LogP contribution in [0, 0.1) is 0 Å². The van der Waals surface area contributed by atoms with Crippen molar-refractivity contribution in [3.63, 3.8) is 0 Å². The van der Waals surface area contributed by atoms with Crippen LogP contribution < -0.4 is 4.74 Å². The van der Waals surface area contributed by atoms with Gasteiger partial charge in [0.15, 0.2) is 0 Å². The van der Waals surface area contributed by atoms with E-state index < -0.39 is 0 Å². The van der Waals surface area contributed by atoms with Crippen LogP contribution in [-0.4, -0.2) is 25.0 Å². The lowest BCUT2D eigenvalue weighted by Crippen LogP contribution is -2.27. The monoisotopic (exact) mass is 335 g/mol. The zero-order valence-corrected chi connectivity index (χ0v) is 14.6. The van der Waals surface area contributed by atoms with Gasteiger partial charge < -0.3 is 14.1 Å². The molecule has 1 aromatic heterocycles. The maximum atomic E-state index is 12.4. The maximum Gasteiger partial charge on any atom is 0.246 e. The predicted molar refractivity (Wildman–Crippen MR) is 99.4 cm³/mol. The van der Waals surface area contributed by atoms with E-state index in [1.807, 2.05) is 61.5 Å². The number of furan rings is 1. The van der Waals surface area contributed by atoms with E-state index in [0.29, 0.717) is 0 Å².